The lowest BCUT2D eigenvalue weighted by Gasteiger charge is -2.46. The summed E-state index contributed by atoms with van der Waals surface area (Å²) in [7, 11) is 0. The number of rotatable bonds is 1. The van der Waals surface area contributed by atoms with Crippen molar-refractivity contribution in [2.75, 3.05) is 11.4 Å². The molecule has 1 aromatic rings. The zero-order valence-corrected chi connectivity index (χ0v) is 10.3. The number of anilines is 1. The number of hydrogen-bond acceptors (Lipinski definition) is 3. The number of benzene rings is 1. The maximum absolute atomic E-state index is 12.5. The van der Waals surface area contributed by atoms with Crippen molar-refractivity contribution in [2.24, 2.45) is 5.41 Å². The molecule has 3 amide bonds. The fraction of sp³-hybridized carbons (Fsp3) is 0.357. The molecule has 1 aromatic carbocycles. The van der Waals surface area contributed by atoms with Gasteiger partial charge in [-0.25, -0.2) is 9.69 Å². The second-order valence-electron chi connectivity index (χ2n) is 5.10. The first kappa shape index (κ1) is 11.7. The Hall–Kier alpha value is -2.35. The molecule has 1 saturated heterocycles. The predicted octanol–water partition coefficient (Wildman–Crippen LogP) is 1.78. The smallest absolute Gasteiger partial charge is 0.328 e. The van der Waals surface area contributed by atoms with Crippen LogP contribution < -0.4 is 10.2 Å². The molecule has 96 valence electrons. The van der Waals surface area contributed by atoms with E-state index in [-0.39, 0.29) is 5.91 Å². The van der Waals surface area contributed by atoms with Gasteiger partial charge in [0.2, 0.25) is 5.91 Å². The van der Waals surface area contributed by atoms with E-state index in [9.17, 15) is 9.59 Å². The summed E-state index contributed by atoms with van der Waals surface area (Å²) in [4.78, 5) is 25.6. The number of urea groups is 1. The van der Waals surface area contributed by atoms with Crippen molar-refractivity contribution in [3.8, 4) is 6.07 Å². The van der Waals surface area contributed by atoms with Crippen LogP contribution in [-0.4, -0.2) is 18.5 Å². The van der Waals surface area contributed by atoms with Crippen LogP contribution in [0.15, 0.2) is 24.3 Å². The molecule has 1 aliphatic heterocycles. The molecule has 0 unspecified atom stereocenters. The van der Waals surface area contributed by atoms with E-state index in [0.29, 0.717) is 17.8 Å². The quantitative estimate of drug-likeness (QED) is 0.831. The van der Waals surface area contributed by atoms with Crippen LogP contribution >= 0.6 is 0 Å². The van der Waals surface area contributed by atoms with Crippen LogP contribution in [0.3, 0.4) is 0 Å². The molecule has 0 radical (unpaired) electrons. The van der Waals surface area contributed by atoms with Crippen molar-refractivity contribution in [1.29, 1.82) is 5.26 Å². The van der Waals surface area contributed by atoms with E-state index in [0.717, 1.165) is 19.3 Å². The number of nitriles is 1. The molecule has 19 heavy (non-hydrogen) atoms. The van der Waals surface area contributed by atoms with E-state index >= 15 is 0 Å². The van der Waals surface area contributed by atoms with Crippen molar-refractivity contribution >= 4 is 17.6 Å². The Morgan fingerprint density at radius 2 is 2.11 bits per heavy atom. The van der Waals surface area contributed by atoms with Crippen LogP contribution in [-0.2, 0) is 4.79 Å². The van der Waals surface area contributed by atoms with Gasteiger partial charge in [0.1, 0.15) is 0 Å². The Balaban J connectivity index is 1.99. The van der Waals surface area contributed by atoms with Gasteiger partial charge in [-0.3, -0.25) is 4.79 Å². The molecule has 0 atom stereocenters. The minimum Gasteiger partial charge on any atom is -0.336 e. The lowest BCUT2D eigenvalue weighted by molar-refractivity contribution is -0.132. The second kappa shape index (κ2) is 4.09. The fourth-order valence-corrected chi connectivity index (χ4v) is 2.67. The summed E-state index contributed by atoms with van der Waals surface area (Å²) < 4.78 is 0. The highest BCUT2D eigenvalue weighted by atomic mass is 16.2. The van der Waals surface area contributed by atoms with Gasteiger partial charge in [0, 0.05) is 6.54 Å². The summed E-state index contributed by atoms with van der Waals surface area (Å²) in [6.07, 6.45) is 2.66. The van der Waals surface area contributed by atoms with Crippen molar-refractivity contribution < 1.29 is 9.59 Å². The van der Waals surface area contributed by atoms with Crippen LogP contribution in [0.5, 0.6) is 0 Å². The van der Waals surface area contributed by atoms with E-state index in [4.69, 9.17) is 5.26 Å². The average Bonchev–Trinajstić information content (AvgIpc) is 2.37. The molecule has 1 spiro atoms. The van der Waals surface area contributed by atoms with Crippen molar-refractivity contribution in [2.45, 2.75) is 19.3 Å². The Bertz CT molecular complexity index is 599. The van der Waals surface area contributed by atoms with Gasteiger partial charge < -0.3 is 5.32 Å². The Kier molecular flexibility index (Phi) is 2.53. The minimum absolute atomic E-state index is 0.141. The van der Waals surface area contributed by atoms with Crippen LogP contribution in [0, 0.1) is 16.7 Å². The maximum atomic E-state index is 12.5. The van der Waals surface area contributed by atoms with Gasteiger partial charge in [-0.1, -0.05) is 12.5 Å². The summed E-state index contributed by atoms with van der Waals surface area (Å²) in [6, 6.07) is 8.18. The number of imide groups is 1. The SMILES string of the molecule is N#Cc1cccc(N2C(=O)NCC3(CCC3)C2=O)c1. The molecule has 5 heteroatoms. The van der Waals surface area contributed by atoms with E-state index in [1.807, 2.05) is 6.07 Å². The third-order valence-corrected chi connectivity index (χ3v) is 3.98. The highest BCUT2D eigenvalue weighted by Crippen LogP contribution is 2.44. The average molecular weight is 255 g/mol. The highest BCUT2D eigenvalue weighted by molar-refractivity contribution is 6.18. The molecule has 1 heterocycles. The summed E-state index contributed by atoms with van der Waals surface area (Å²) in [6.45, 7) is 0.430. The van der Waals surface area contributed by atoms with Crippen LogP contribution in [0.25, 0.3) is 0 Å². The van der Waals surface area contributed by atoms with Crippen LogP contribution in [0.4, 0.5) is 10.5 Å². The molecule has 2 aliphatic rings. The van der Waals surface area contributed by atoms with E-state index in [2.05, 4.69) is 5.32 Å². The van der Waals surface area contributed by atoms with Gasteiger partial charge in [-0.2, -0.15) is 5.26 Å². The molecule has 1 aliphatic carbocycles. The first-order valence-corrected chi connectivity index (χ1v) is 6.29. The largest absolute Gasteiger partial charge is 0.336 e. The molecule has 0 bridgehead atoms. The molecule has 2 fully saturated rings. The zero-order chi connectivity index (χ0) is 13.5. The number of carbonyl (C=O) groups is 2. The van der Waals surface area contributed by atoms with Gasteiger partial charge in [0.15, 0.2) is 0 Å². The Morgan fingerprint density at radius 3 is 2.74 bits per heavy atom. The molecule has 5 nitrogen and oxygen atoms in total. The van der Waals surface area contributed by atoms with Gasteiger partial charge in [-0.15, -0.1) is 0 Å². The van der Waals surface area contributed by atoms with E-state index < -0.39 is 11.4 Å². The Morgan fingerprint density at radius 1 is 1.32 bits per heavy atom. The Labute approximate surface area is 110 Å². The maximum Gasteiger partial charge on any atom is 0.328 e. The normalized spacial score (nSPS) is 20.7. The summed E-state index contributed by atoms with van der Waals surface area (Å²) in [5.41, 5.74) is 0.482. The lowest BCUT2D eigenvalue weighted by atomic mass is 9.67. The summed E-state index contributed by atoms with van der Waals surface area (Å²) >= 11 is 0. The number of amides is 3. The van der Waals surface area contributed by atoms with Crippen molar-refractivity contribution in [3.05, 3.63) is 29.8 Å². The van der Waals surface area contributed by atoms with Gasteiger partial charge in [0.05, 0.1) is 22.7 Å². The number of nitrogens with one attached hydrogen (secondary N) is 1. The minimum atomic E-state index is -0.420. The molecule has 0 aromatic heterocycles. The first-order chi connectivity index (χ1) is 9.16. The summed E-state index contributed by atoms with van der Waals surface area (Å²) in [5, 5.41) is 11.7. The first-order valence-electron chi connectivity index (χ1n) is 6.29. The van der Waals surface area contributed by atoms with Gasteiger partial charge in [-0.05, 0) is 31.0 Å². The van der Waals surface area contributed by atoms with Crippen molar-refractivity contribution in [3.63, 3.8) is 0 Å². The highest BCUT2D eigenvalue weighted by Gasteiger charge is 2.51. The van der Waals surface area contributed by atoms with Crippen LogP contribution in [0.1, 0.15) is 24.8 Å². The standard InChI is InChI=1S/C14H13N3O2/c15-8-10-3-1-4-11(7-10)17-12(18)14(5-2-6-14)9-16-13(17)19/h1,3-4,7H,2,5-6,9H2,(H,16,19). The second-order valence-corrected chi connectivity index (χ2v) is 5.10. The molecular formula is C14H13N3O2. The molecule has 1 saturated carbocycles. The zero-order valence-electron chi connectivity index (χ0n) is 10.3. The molecule has 3 rings (SSSR count). The fourth-order valence-electron chi connectivity index (χ4n) is 2.67. The third kappa shape index (κ3) is 1.68. The number of hydrogen-bond donors (Lipinski definition) is 1. The van der Waals surface area contributed by atoms with E-state index in [1.165, 1.54) is 4.90 Å². The third-order valence-electron chi connectivity index (χ3n) is 3.98. The molecular weight excluding hydrogens is 242 g/mol. The monoisotopic (exact) mass is 255 g/mol. The van der Waals surface area contributed by atoms with Gasteiger partial charge in [0.25, 0.3) is 0 Å². The molecule has 1 N–H and O–H groups in total. The number of nitrogens with zero attached hydrogens (tertiary/aromatic N) is 2. The van der Waals surface area contributed by atoms with Crippen molar-refractivity contribution in [1.82, 2.24) is 5.32 Å². The van der Waals surface area contributed by atoms with Crippen LogP contribution in [0.2, 0.25) is 0 Å². The predicted molar refractivity (Wildman–Crippen MR) is 68.3 cm³/mol. The lowest BCUT2D eigenvalue weighted by Crippen LogP contribution is -2.63. The summed E-state index contributed by atoms with van der Waals surface area (Å²) in [5.74, 6) is -0.141. The topological polar surface area (TPSA) is 73.2 Å². The number of carbonyl (C=O) groups excluding carboxylic acids is 2. The van der Waals surface area contributed by atoms with E-state index in [1.54, 1.807) is 24.3 Å². The van der Waals surface area contributed by atoms with Gasteiger partial charge >= 0.3 is 6.03 Å².